The van der Waals surface area contributed by atoms with Gasteiger partial charge in [0, 0.05) is 0 Å². The summed E-state index contributed by atoms with van der Waals surface area (Å²) in [6.45, 7) is 4.54. The predicted molar refractivity (Wildman–Crippen MR) is 73.9 cm³/mol. The van der Waals surface area contributed by atoms with Crippen LogP contribution < -0.4 is 0 Å². The first-order valence-electron chi connectivity index (χ1n) is 6.25. The summed E-state index contributed by atoms with van der Waals surface area (Å²) < 4.78 is 27.0. The van der Waals surface area contributed by atoms with Gasteiger partial charge in [-0.3, -0.25) is 4.18 Å². The molecule has 102 valence electrons. The number of rotatable bonds is 7. The Hall–Kier alpha value is -0.870. The van der Waals surface area contributed by atoms with Gasteiger partial charge in [0.2, 0.25) is 0 Å². The van der Waals surface area contributed by atoms with Crippen molar-refractivity contribution in [1.29, 1.82) is 0 Å². The van der Waals surface area contributed by atoms with E-state index in [-0.39, 0.29) is 12.5 Å². The molecule has 0 bridgehead atoms. The Bertz CT molecular complexity index is 437. The van der Waals surface area contributed by atoms with Gasteiger partial charge in [0.05, 0.1) is 12.9 Å². The standard InChI is InChI=1S/C14H22O3S/c1-12(2)9-14(11-17-18(3,15)16)10-13-7-5-4-6-8-13/h4-8,12,14H,9-11H2,1-3H3/t14-/m0/s1. The first-order chi connectivity index (χ1) is 8.37. The topological polar surface area (TPSA) is 43.4 Å². The van der Waals surface area contributed by atoms with Crippen LogP contribution in [0.4, 0.5) is 0 Å². The van der Waals surface area contributed by atoms with Crippen LogP contribution in [0.5, 0.6) is 0 Å². The fourth-order valence-electron chi connectivity index (χ4n) is 2.04. The molecule has 1 atom stereocenters. The van der Waals surface area contributed by atoms with Crippen molar-refractivity contribution in [3.05, 3.63) is 35.9 Å². The van der Waals surface area contributed by atoms with Gasteiger partial charge in [-0.15, -0.1) is 0 Å². The quantitative estimate of drug-likeness (QED) is 0.716. The van der Waals surface area contributed by atoms with Crippen LogP contribution in [0.1, 0.15) is 25.8 Å². The van der Waals surface area contributed by atoms with E-state index in [0.717, 1.165) is 19.1 Å². The molecule has 0 aliphatic heterocycles. The molecule has 1 aromatic rings. The lowest BCUT2D eigenvalue weighted by atomic mass is 9.92. The molecule has 0 saturated carbocycles. The SMILES string of the molecule is CC(C)C[C@H](COS(C)(=O)=O)Cc1ccccc1. The third-order valence-corrected chi connectivity index (χ3v) is 3.25. The van der Waals surface area contributed by atoms with E-state index in [2.05, 4.69) is 26.0 Å². The van der Waals surface area contributed by atoms with E-state index in [1.165, 1.54) is 5.56 Å². The minimum atomic E-state index is -3.35. The molecule has 0 N–H and O–H groups in total. The Balaban J connectivity index is 2.61. The highest BCUT2D eigenvalue weighted by Crippen LogP contribution is 2.18. The zero-order valence-corrected chi connectivity index (χ0v) is 12.1. The summed E-state index contributed by atoms with van der Waals surface area (Å²) >= 11 is 0. The van der Waals surface area contributed by atoms with Crippen LogP contribution in [0.25, 0.3) is 0 Å². The zero-order valence-electron chi connectivity index (χ0n) is 11.3. The average molecular weight is 270 g/mol. The highest BCUT2D eigenvalue weighted by molar-refractivity contribution is 7.85. The van der Waals surface area contributed by atoms with E-state index in [4.69, 9.17) is 4.18 Å². The van der Waals surface area contributed by atoms with E-state index in [1.807, 2.05) is 18.2 Å². The molecule has 0 heterocycles. The molecule has 0 unspecified atom stereocenters. The van der Waals surface area contributed by atoms with Crippen molar-refractivity contribution in [3.8, 4) is 0 Å². The minimum absolute atomic E-state index is 0.238. The molecule has 0 aliphatic rings. The molecule has 4 heteroatoms. The Morgan fingerprint density at radius 1 is 1.17 bits per heavy atom. The van der Waals surface area contributed by atoms with Crippen molar-refractivity contribution in [2.24, 2.45) is 11.8 Å². The van der Waals surface area contributed by atoms with Crippen LogP contribution in [0.3, 0.4) is 0 Å². The summed E-state index contributed by atoms with van der Waals surface area (Å²) in [7, 11) is -3.35. The second-order valence-electron chi connectivity index (χ2n) is 5.17. The van der Waals surface area contributed by atoms with Crippen LogP contribution in [0, 0.1) is 11.8 Å². The van der Waals surface area contributed by atoms with Crippen LogP contribution in [0.15, 0.2) is 30.3 Å². The van der Waals surface area contributed by atoms with Gasteiger partial charge < -0.3 is 0 Å². The lowest BCUT2D eigenvalue weighted by molar-refractivity contribution is 0.232. The molecular weight excluding hydrogens is 248 g/mol. The molecule has 3 nitrogen and oxygen atoms in total. The van der Waals surface area contributed by atoms with Crippen molar-refractivity contribution in [2.45, 2.75) is 26.7 Å². The highest BCUT2D eigenvalue weighted by atomic mass is 32.2. The molecule has 0 fully saturated rings. The third kappa shape index (κ3) is 6.77. The number of benzene rings is 1. The van der Waals surface area contributed by atoms with Crippen LogP contribution in [-0.2, 0) is 20.7 Å². The van der Waals surface area contributed by atoms with Gasteiger partial charge in [0.25, 0.3) is 10.1 Å². The molecule has 18 heavy (non-hydrogen) atoms. The van der Waals surface area contributed by atoms with E-state index in [0.29, 0.717) is 5.92 Å². The van der Waals surface area contributed by atoms with Gasteiger partial charge >= 0.3 is 0 Å². The lowest BCUT2D eigenvalue weighted by Crippen LogP contribution is -2.17. The molecule has 0 aliphatic carbocycles. The molecular formula is C14H22O3S. The normalized spacial score (nSPS) is 13.8. The fraction of sp³-hybridized carbons (Fsp3) is 0.571. The van der Waals surface area contributed by atoms with Crippen molar-refractivity contribution in [3.63, 3.8) is 0 Å². The zero-order chi connectivity index (χ0) is 13.6. The molecule has 1 aromatic carbocycles. The van der Waals surface area contributed by atoms with E-state index in [1.54, 1.807) is 0 Å². The fourth-order valence-corrected chi connectivity index (χ4v) is 2.48. The predicted octanol–water partition coefficient (Wildman–Crippen LogP) is 2.87. The smallest absolute Gasteiger partial charge is 0.264 e. The van der Waals surface area contributed by atoms with Crippen LogP contribution in [0.2, 0.25) is 0 Å². The van der Waals surface area contributed by atoms with Gasteiger partial charge in [0.1, 0.15) is 0 Å². The maximum absolute atomic E-state index is 11.1. The van der Waals surface area contributed by atoms with Gasteiger partial charge in [0.15, 0.2) is 0 Å². The van der Waals surface area contributed by atoms with Crippen LogP contribution in [-0.4, -0.2) is 21.3 Å². The molecule has 0 aromatic heterocycles. The van der Waals surface area contributed by atoms with Crippen molar-refractivity contribution >= 4 is 10.1 Å². The van der Waals surface area contributed by atoms with Crippen LogP contribution >= 0.6 is 0 Å². The summed E-state index contributed by atoms with van der Waals surface area (Å²) in [5.74, 6) is 0.768. The minimum Gasteiger partial charge on any atom is -0.270 e. The molecule has 1 rings (SSSR count). The summed E-state index contributed by atoms with van der Waals surface area (Å²) in [5.41, 5.74) is 1.22. The van der Waals surface area contributed by atoms with Crippen molar-refractivity contribution in [2.75, 3.05) is 12.9 Å². The highest BCUT2D eigenvalue weighted by Gasteiger charge is 2.15. The Kier molecular flexibility index (Phi) is 5.82. The van der Waals surface area contributed by atoms with Gasteiger partial charge in [-0.05, 0) is 30.2 Å². The first kappa shape index (κ1) is 15.2. The summed E-state index contributed by atoms with van der Waals surface area (Å²) in [6, 6.07) is 10.1. The summed E-state index contributed by atoms with van der Waals surface area (Å²) in [5, 5.41) is 0. The molecule has 0 radical (unpaired) electrons. The Labute approximate surface area is 110 Å². The summed E-state index contributed by atoms with van der Waals surface area (Å²) in [6.07, 6.45) is 2.92. The van der Waals surface area contributed by atoms with Gasteiger partial charge in [-0.1, -0.05) is 44.2 Å². The average Bonchev–Trinajstić information content (AvgIpc) is 2.25. The number of hydrogen-bond acceptors (Lipinski definition) is 3. The Morgan fingerprint density at radius 2 is 1.78 bits per heavy atom. The monoisotopic (exact) mass is 270 g/mol. The second-order valence-corrected chi connectivity index (χ2v) is 6.82. The van der Waals surface area contributed by atoms with Gasteiger partial charge in [-0.25, -0.2) is 0 Å². The molecule has 0 spiro atoms. The third-order valence-electron chi connectivity index (χ3n) is 2.69. The molecule has 0 saturated heterocycles. The first-order valence-corrected chi connectivity index (χ1v) is 8.07. The maximum atomic E-state index is 11.1. The summed E-state index contributed by atoms with van der Waals surface area (Å²) in [4.78, 5) is 0. The Morgan fingerprint density at radius 3 is 2.28 bits per heavy atom. The second kappa shape index (κ2) is 6.90. The molecule has 0 amide bonds. The lowest BCUT2D eigenvalue weighted by Gasteiger charge is -2.18. The maximum Gasteiger partial charge on any atom is 0.264 e. The van der Waals surface area contributed by atoms with E-state index >= 15 is 0 Å². The largest absolute Gasteiger partial charge is 0.270 e. The van der Waals surface area contributed by atoms with E-state index < -0.39 is 10.1 Å². The van der Waals surface area contributed by atoms with Crippen molar-refractivity contribution < 1.29 is 12.6 Å². The van der Waals surface area contributed by atoms with E-state index in [9.17, 15) is 8.42 Å². The number of hydrogen-bond donors (Lipinski definition) is 0. The van der Waals surface area contributed by atoms with Crippen molar-refractivity contribution in [1.82, 2.24) is 0 Å². The van der Waals surface area contributed by atoms with Gasteiger partial charge in [-0.2, -0.15) is 8.42 Å².